The first-order valence-electron chi connectivity index (χ1n) is 6.73. The number of anilines is 1. The second-order valence-corrected chi connectivity index (χ2v) is 4.57. The number of carbonyl (C=O) groups is 2. The number of nitrogens with one attached hydrogen (secondary N) is 3. The van der Waals surface area contributed by atoms with E-state index in [0.717, 1.165) is 0 Å². The van der Waals surface area contributed by atoms with E-state index in [1.807, 2.05) is 6.92 Å². The predicted molar refractivity (Wildman–Crippen MR) is 80.0 cm³/mol. The van der Waals surface area contributed by atoms with E-state index in [9.17, 15) is 14.0 Å². The van der Waals surface area contributed by atoms with Crippen LogP contribution < -0.4 is 16.0 Å². The van der Waals surface area contributed by atoms with Crippen molar-refractivity contribution in [1.29, 1.82) is 0 Å². The Morgan fingerprint density at radius 1 is 1.19 bits per heavy atom. The van der Waals surface area contributed by atoms with Gasteiger partial charge in [-0.1, -0.05) is 6.07 Å². The molecule has 21 heavy (non-hydrogen) atoms. The minimum absolute atomic E-state index is 0.190. The zero-order valence-corrected chi connectivity index (χ0v) is 12.5. The lowest BCUT2D eigenvalue weighted by Gasteiger charge is -2.14. The van der Waals surface area contributed by atoms with Crippen LogP contribution in [-0.2, 0) is 0 Å². The summed E-state index contributed by atoms with van der Waals surface area (Å²) in [5.41, 5.74) is 0.436. The van der Waals surface area contributed by atoms with Gasteiger partial charge in [0.1, 0.15) is 5.82 Å². The van der Waals surface area contributed by atoms with E-state index >= 15 is 0 Å². The highest BCUT2D eigenvalue weighted by atomic mass is 19.1. The molecule has 0 atom stereocenters. The van der Waals surface area contributed by atoms with Gasteiger partial charge in [0.05, 0.1) is 11.3 Å². The van der Waals surface area contributed by atoms with Crippen molar-refractivity contribution in [3.05, 3.63) is 29.6 Å². The average molecular weight is 296 g/mol. The molecule has 3 N–H and O–H groups in total. The Bertz CT molecular complexity index is 506. The van der Waals surface area contributed by atoms with E-state index in [2.05, 4.69) is 16.0 Å². The number of hydrogen-bond acceptors (Lipinski definition) is 3. The van der Waals surface area contributed by atoms with Crippen molar-refractivity contribution in [3.63, 3.8) is 0 Å². The van der Waals surface area contributed by atoms with Crippen LogP contribution in [0.5, 0.6) is 0 Å². The zero-order valence-electron chi connectivity index (χ0n) is 12.5. The van der Waals surface area contributed by atoms with Gasteiger partial charge >= 0.3 is 6.03 Å². The molecule has 0 unspecified atom stereocenters. The average Bonchev–Trinajstić information content (AvgIpc) is 2.45. The van der Waals surface area contributed by atoms with Gasteiger partial charge in [0.25, 0.3) is 5.91 Å². The lowest BCUT2D eigenvalue weighted by Crippen LogP contribution is -2.39. The molecule has 1 aromatic carbocycles. The summed E-state index contributed by atoms with van der Waals surface area (Å²) in [5.74, 6) is -0.852. The molecule has 0 heterocycles. The van der Waals surface area contributed by atoms with Crippen LogP contribution in [0.3, 0.4) is 0 Å². The molecule has 1 aromatic rings. The van der Waals surface area contributed by atoms with Crippen molar-refractivity contribution in [3.8, 4) is 0 Å². The highest BCUT2D eigenvalue weighted by molar-refractivity contribution is 5.99. The molecule has 1 rings (SSSR count). The molecular weight excluding hydrogens is 275 g/mol. The maximum absolute atomic E-state index is 13.7. The Balaban J connectivity index is 2.56. The van der Waals surface area contributed by atoms with Gasteiger partial charge in [-0.25, -0.2) is 9.18 Å². The maximum Gasteiger partial charge on any atom is 0.316 e. The number of urea groups is 1. The molecule has 0 radical (unpaired) electrons. The van der Waals surface area contributed by atoms with Crippen molar-refractivity contribution < 1.29 is 14.0 Å². The Hall–Kier alpha value is -2.31. The van der Waals surface area contributed by atoms with Crippen LogP contribution in [0.4, 0.5) is 14.9 Å². The Morgan fingerprint density at radius 2 is 1.86 bits per heavy atom. The maximum atomic E-state index is 13.7. The molecule has 0 saturated carbocycles. The molecule has 116 valence electrons. The van der Waals surface area contributed by atoms with E-state index in [4.69, 9.17) is 0 Å². The first-order valence-corrected chi connectivity index (χ1v) is 6.73. The van der Waals surface area contributed by atoms with Crippen LogP contribution in [-0.4, -0.2) is 50.6 Å². The summed E-state index contributed by atoms with van der Waals surface area (Å²) in [6.45, 7) is 2.90. The molecule has 0 bridgehead atoms. The fourth-order valence-corrected chi connectivity index (χ4v) is 1.67. The summed E-state index contributed by atoms with van der Waals surface area (Å²) in [5, 5.41) is 8.10. The normalized spacial score (nSPS) is 9.90. The fraction of sp³-hybridized carbons (Fsp3) is 0.429. The minimum atomic E-state index is -0.467. The summed E-state index contributed by atoms with van der Waals surface area (Å²) < 4.78 is 13.7. The molecule has 3 amide bonds. The van der Waals surface area contributed by atoms with Crippen LogP contribution >= 0.6 is 0 Å². The molecule has 6 nitrogen and oxygen atoms in total. The molecule has 0 spiro atoms. The topological polar surface area (TPSA) is 73.5 Å². The van der Waals surface area contributed by atoms with Gasteiger partial charge in [-0.05, 0) is 19.1 Å². The monoisotopic (exact) mass is 296 g/mol. The third-order valence-corrected chi connectivity index (χ3v) is 2.70. The van der Waals surface area contributed by atoms with Gasteiger partial charge in [-0.3, -0.25) is 4.79 Å². The van der Waals surface area contributed by atoms with Crippen molar-refractivity contribution >= 4 is 17.6 Å². The Labute approximate surface area is 123 Å². The number of halogens is 1. The molecular formula is C14H21FN4O2. The van der Waals surface area contributed by atoms with E-state index in [-0.39, 0.29) is 29.7 Å². The number of nitrogens with zero attached hydrogens (tertiary/aromatic N) is 1. The number of rotatable bonds is 6. The summed E-state index contributed by atoms with van der Waals surface area (Å²) in [7, 11) is 3.26. The Kier molecular flexibility index (Phi) is 6.45. The predicted octanol–water partition coefficient (Wildman–Crippen LogP) is 1.26. The number of carbonyl (C=O) groups excluding carboxylic acids is 2. The van der Waals surface area contributed by atoms with Gasteiger partial charge in [0.15, 0.2) is 0 Å². The summed E-state index contributed by atoms with van der Waals surface area (Å²) in [4.78, 5) is 24.7. The zero-order chi connectivity index (χ0) is 15.8. The number of hydrogen-bond donors (Lipinski definition) is 3. The lowest BCUT2D eigenvalue weighted by atomic mass is 10.1. The second-order valence-electron chi connectivity index (χ2n) is 4.57. The summed E-state index contributed by atoms with van der Waals surface area (Å²) in [6, 6.07) is 4.10. The van der Waals surface area contributed by atoms with E-state index in [1.165, 1.54) is 17.0 Å². The van der Waals surface area contributed by atoms with Gasteiger partial charge in [-0.2, -0.15) is 0 Å². The van der Waals surface area contributed by atoms with Crippen LogP contribution in [0.25, 0.3) is 0 Å². The fourth-order valence-electron chi connectivity index (χ4n) is 1.67. The van der Waals surface area contributed by atoms with Gasteiger partial charge in [0.2, 0.25) is 0 Å². The summed E-state index contributed by atoms with van der Waals surface area (Å²) >= 11 is 0. The van der Waals surface area contributed by atoms with Crippen molar-refractivity contribution in [1.82, 2.24) is 15.5 Å². The summed E-state index contributed by atoms with van der Waals surface area (Å²) in [6.07, 6.45) is 0. The van der Waals surface area contributed by atoms with Crippen LogP contribution in [0.15, 0.2) is 18.2 Å². The smallest absolute Gasteiger partial charge is 0.316 e. The standard InChI is InChI=1S/C14H21FN4O2/c1-4-16-12-10(6-5-7-11(12)15)13(20)17-8-9-18-14(21)19(2)3/h5-7,16H,4,8-9H2,1-3H3,(H,17,20)(H,18,21). The highest BCUT2D eigenvalue weighted by Gasteiger charge is 2.14. The van der Waals surface area contributed by atoms with Crippen molar-refractivity contribution in [2.75, 3.05) is 39.0 Å². The van der Waals surface area contributed by atoms with Crippen LogP contribution in [0.2, 0.25) is 0 Å². The van der Waals surface area contributed by atoms with Crippen LogP contribution in [0, 0.1) is 5.82 Å². The second kappa shape index (κ2) is 8.08. The SMILES string of the molecule is CCNc1c(F)cccc1C(=O)NCCNC(=O)N(C)C. The number of amides is 3. The largest absolute Gasteiger partial charge is 0.382 e. The third-order valence-electron chi connectivity index (χ3n) is 2.70. The molecule has 0 aromatic heterocycles. The number of para-hydroxylation sites is 1. The van der Waals surface area contributed by atoms with E-state index in [0.29, 0.717) is 13.1 Å². The van der Waals surface area contributed by atoms with Gasteiger partial charge in [-0.15, -0.1) is 0 Å². The van der Waals surface area contributed by atoms with Gasteiger partial charge < -0.3 is 20.9 Å². The molecule has 0 aliphatic rings. The quantitative estimate of drug-likeness (QED) is 0.692. The van der Waals surface area contributed by atoms with E-state index < -0.39 is 5.82 Å². The first kappa shape index (κ1) is 16.7. The van der Waals surface area contributed by atoms with Crippen molar-refractivity contribution in [2.24, 2.45) is 0 Å². The highest BCUT2D eigenvalue weighted by Crippen LogP contribution is 2.19. The van der Waals surface area contributed by atoms with E-state index in [1.54, 1.807) is 20.2 Å². The molecule has 0 saturated heterocycles. The van der Waals surface area contributed by atoms with Gasteiger partial charge in [0, 0.05) is 33.7 Å². The number of benzene rings is 1. The molecule has 0 aliphatic heterocycles. The first-order chi connectivity index (χ1) is 9.97. The lowest BCUT2D eigenvalue weighted by molar-refractivity contribution is 0.0954. The van der Waals surface area contributed by atoms with Crippen LogP contribution in [0.1, 0.15) is 17.3 Å². The molecule has 0 fully saturated rings. The van der Waals surface area contributed by atoms with Crippen molar-refractivity contribution in [2.45, 2.75) is 6.92 Å². The minimum Gasteiger partial charge on any atom is -0.382 e. The molecule has 7 heteroatoms. The third kappa shape index (κ3) is 4.94. The Morgan fingerprint density at radius 3 is 2.48 bits per heavy atom. The molecule has 0 aliphatic carbocycles.